The van der Waals surface area contributed by atoms with Crippen LogP contribution in [0.1, 0.15) is 38.8 Å². The molecule has 0 spiro atoms. The minimum atomic E-state index is -0.0554. The molecule has 2 heterocycles. The summed E-state index contributed by atoms with van der Waals surface area (Å²) in [7, 11) is 1.71. The largest absolute Gasteiger partial charge is 0.342 e. The predicted octanol–water partition coefficient (Wildman–Crippen LogP) is 2.08. The Morgan fingerprint density at radius 3 is 2.73 bits per heavy atom. The van der Waals surface area contributed by atoms with Crippen LogP contribution in [-0.2, 0) is 18.3 Å². The van der Waals surface area contributed by atoms with Gasteiger partial charge in [0, 0.05) is 31.9 Å². The van der Waals surface area contributed by atoms with E-state index >= 15 is 0 Å². The van der Waals surface area contributed by atoms with E-state index in [0.29, 0.717) is 16.8 Å². The van der Waals surface area contributed by atoms with Gasteiger partial charge in [0.1, 0.15) is 0 Å². The first kappa shape index (κ1) is 17.1. The lowest BCUT2D eigenvalue weighted by atomic mass is 9.99. The molecule has 1 saturated heterocycles. The summed E-state index contributed by atoms with van der Waals surface area (Å²) >= 11 is 1.36. The van der Waals surface area contributed by atoms with Gasteiger partial charge in [-0.15, -0.1) is 0 Å². The maximum atomic E-state index is 12.3. The lowest BCUT2D eigenvalue weighted by Gasteiger charge is -2.30. The van der Waals surface area contributed by atoms with Gasteiger partial charge in [-0.3, -0.25) is 14.2 Å². The number of rotatable bonds is 5. The van der Waals surface area contributed by atoms with Crippen molar-refractivity contribution in [3.63, 3.8) is 0 Å². The Kier molecular flexibility index (Phi) is 6.06. The van der Waals surface area contributed by atoms with Gasteiger partial charge in [0.15, 0.2) is 5.16 Å². The Morgan fingerprint density at radius 1 is 1.41 bits per heavy atom. The fourth-order valence-electron chi connectivity index (χ4n) is 2.55. The summed E-state index contributed by atoms with van der Waals surface area (Å²) in [6, 6.07) is 1.58. The van der Waals surface area contributed by atoms with Crippen LogP contribution in [0.3, 0.4) is 0 Å². The molecule has 0 radical (unpaired) electrons. The summed E-state index contributed by atoms with van der Waals surface area (Å²) in [5.74, 6) is 1.21. The Labute approximate surface area is 136 Å². The summed E-state index contributed by atoms with van der Waals surface area (Å²) < 4.78 is 1.52. The summed E-state index contributed by atoms with van der Waals surface area (Å²) in [4.78, 5) is 30.6. The Hall–Kier alpha value is -1.30. The molecule has 0 atom stereocenters. The number of carbonyl (C=O) groups is 1. The SMILES string of the molecule is CCCc1cc(=O)n(C)c(SCC(=O)N2CCC(C)CC2)n1. The first-order valence-electron chi connectivity index (χ1n) is 7.98. The molecule has 5 nitrogen and oxygen atoms in total. The summed E-state index contributed by atoms with van der Waals surface area (Å²) in [5.41, 5.74) is 0.757. The molecule has 1 aliphatic heterocycles. The van der Waals surface area contributed by atoms with Crippen LogP contribution in [0, 0.1) is 5.92 Å². The second kappa shape index (κ2) is 7.81. The topological polar surface area (TPSA) is 55.2 Å². The molecule has 2 rings (SSSR count). The zero-order valence-electron chi connectivity index (χ0n) is 13.7. The van der Waals surface area contributed by atoms with Gasteiger partial charge in [-0.2, -0.15) is 0 Å². The molecule has 6 heteroatoms. The number of piperidine rings is 1. The number of carbonyl (C=O) groups excluding carboxylic acids is 1. The highest BCUT2D eigenvalue weighted by Crippen LogP contribution is 2.19. The molecule has 0 aromatic carbocycles. The van der Waals surface area contributed by atoms with Gasteiger partial charge in [-0.05, 0) is 25.2 Å². The molecule has 22 heavy (non-hydrogen) atoms. The highest BCUT2D eigenvalue weighted by Gasteiger charge is 2.20. The molecule has 1 fully saturated rings. The van der Waals surface area contributed by atoms with Gasteiger partial charge in [-0.1, -0.05) is 32.0 Å². The van der Waals surface area contributed by atoms with Gasteiger partial charge in [0.25, 0.3) is 5.56 Å². The highest BCUT2D eigenvalue weighted by molar-refractivity contribution is 7.99. The Balaban J connectivity index is 1.98. The van der Waals surface area contributed by atoms with Crippen molar-refractivity contribution in [3.8, 4) is 0 Å². The number of hydrogen-bond donors (Lipinski definition) is 0. The summed E-state index contributed by atoms with van der Waals surface area (Å²) in [6.45, 7) is 5.99. The fraction of sp³-hybridized carbons (Fsp3) is 0.688. The van der Waals surface area contributed by atoms with Crippen molar-refractivity contribution in [2.24, 2.45) is 13.0 Å². The minimum absolute atomic E-state index is 0.0554. The normalized spacial score (nSPS) is 16.0. The molecule has 1 aromatic heterocycles. The number of likely N-dealkylation sites (tertiary alicyclic amines) is 1. The maximum Gasteiger partial charge on any atom is 0.254 e. The third kappa shape index (κ3) is 4.35. The van der Waals surface area contributed by atoms with Gasteiger partial charge in [0.05, 0.1) is 5.75 Å². The second-order valence-electron chi connectivity index (χ2n) is 6.03. The molecule has 1 aliphatic rings. The van der Waals surface area contributed by atoms with Crippen LogP contribution < -0.4 is 5.56 Å². The van der Waals surface area contributed by atoms with Crippen LogP contribution >= 0.6 is 11.8 Å². The second-order valence-corrected chi connectivity index (χ2v) is 6.97. The predicted molar refractivity (Wildman–Crippen MR) is 89.2 cm³/mol. The highest BCUT2D eigenvalue weighted by atomic mass is 32.2. The Morgan fingerprint density at radius 2 is 2.09 bits per heavy atom. The fourth-order valence-corrected chi connectivity index (χ4v) is 3.45. The van der Waals surface area contributed by atoms with Gasteiger partial charge in [0.2, 0.25) is 5.91 Å². The number of aromatic nitrogens is 2. The first-order chi connectivity index (χ1) is 10.5. The molecule has 122 valence electrons. The number of hydrogen-bond acceptors (Lipinski definition) is 4. The number of amides is 1. The van der Waals surface area contributed by atoms with Crippen molar-refractivity contribution in [1.29, 1.82) is 0 Å². The van der Waals surface area contributed by atoms with E-state index in [1.165, 1.54) is 16.3 Å². The van der Waals surface area contributed by atoms with Crippen molar-refractivity contribution in [2.45, 2.75) is 44.7 Å². The summed E-state index contributed by atoms with van der Waals surface area (Å²) in [6.07, 6.45) is 3.91. The molecule has 0 bridgehead atoms. The van der Waals surface area contributed by atoms with Crippen LogP contribution in [0.25, 0.3) is 0 Å². The summed E-state index contributed by atoms with van der Waals surface area (Å²) in [5, 5.41) is 0.634. The van der Waals surface area contributed by atoms with Crippen molar-refractivity contribution in [2.75, 3.05) is 18.8 Å². The van der Waals surface area contributed by atoms with Crippen molar-refractivity contribution >= 4 is 17.7 Å². The van der Waals surface area contributed by atoms with E-state index in [-0.39, 0.29) is 11.5 Å². The average Bonchev–Trinajstić information content (AvgIpc) is 2.50. The van der Waals surface area contributed by atoms with E-state index in [1.807, 2.05) is 4.90 Å². The molecule has 0 aliphatic carbocycles. The van der Waals surface area contributed by atoms with E-state index in [0.717, 1.165) is 44.5 Å². The van der Waals surface area contributed by atoms with Crippen LogP contribution in [0.2, 0.25) is 0 Å². The van der Waals surface area contributed by atoms with Gasteiger partial charge >= 0.3 is 0 Å². The van der Waals surface area contributed by atoms with Gasteiger partial charge in [-0.25, -0.2) is 4.98 Å². The lowest BCUT2D eigenvalue weighted by molar-refractivity contribution is -0.129. The lowest BCUT2D eigenvalue weighted by Crippen LogP contribution is -2.39. The smallest absolute Gasteiger partial charge is 0.254 e. The Bertz CT molecular complexity index is 577. The van der Waals surface area contributed by atoms with E-state index in [9.17, 15) is 9.59 Å². The molecule has 1 aromatic rings. The van der Waals surface area contributed by atoms with Crippen molar-refractivity contribution < 1.29 is 4.79 Å². The van der Waals surface area contributed by atoms with Crippen LogP contribution in [0.4, 0.5) is 0 Å². The van der Waals surface area contributed by atoms with E-state index in [2.05, 4.69) is 18.8 Å². The van der Waals surface area contributed by atoms with Crippen LogP contribution in [0.15, 0.2) is 16.0 Å². The van der Waals surface area contributed by atoms with Crippen molar-refractivity contribution in [1.82, 2.24) is 14.5 Å². The third-order valence-corrected chi connectivity index (χ3v) is 5.13. The third-order valence-electron chi connectivity index (χ3n) is 4.11. The molecule has 0 N–H and O–H groups in total. The quantitative estimate of drug-likeness (QED) is 0.615. The maximum absolute atomic E-state index is 12.3. The first-order valence-corrected chi connectivity index (χ1v) is 8.97. The van der Waals surface area contributed by atoms with Crippen molar-refractivity contribution in [3.05, 3.63) is 22.1 Å². The van der Waals surface area contributed by atoms with E-state index in [1.54, 1.807) is 13.1 Å². The molecule has 0 unspecified atom stereocenters. The van der Waals surface area contributed by atoms with Crippen LogP contribution in [0.5, 0.6) is 0 Å². The molecule has 0 saturated carbocycles. The van der Waals surface area contributed by atoms with E-state index in [4.69, 9.17) is 0 Å². The molecular weight excluding hydrogens is 298 g/mol. The standard InChI is InChI=1S/C16H25N3O2S/c1-4-5-13-10-14(20)18(3)16(17-13)22-11-15(21)19-8-6-12(2)7-9-19/h10,12H,4-9,11H2,1-3H3. The number of nitrogens with zero attached hydrogens (tertiary/aromatic N) is 3. The van der Waals surface area contributed by atoms with Crippen LogP contribution in [-0.4, -0.2) is 39.2 Å². The monoisotopic (exact) mass is 323 g/mol. The average molecular weight is 323 g/mol. The zero-order chi connectivity index (χ0) is 16.1. The number of thioether (sulfide) groups is 1. The number of aryl methyl sites for hydroxylation is 1. The van der Waals surface area contributed by atoms with Gasteiger partial charge < -0.3 is 4.90 Å². The molecular formula is C16H25N3O2S. The minimum Gasteiger partial charge on any atom is -0.342 e. The molecule has 1 amide bonds. The van der Waals surface area contributed by atoms with E-state index < -0.39 is 0 Å². The zero-order valence-corrected chi connectivity index (χ0v) is 14.5.